The van der Waals surface area contributed by atoms with Crippen LogP contribution in [0.1, 0.15) is 12.0 Å². The molecule has 0 radical (unpaired) electrons. The van der Waals surface area contributed by atoms with Gasteiger partial charge in [0.2, 0.25) is 0 Å². The number of benzene rings is 1. The number of hydrogen-bond donors (Lipinski definition) is 2. The van der Waals surface area contributed by atoms with Crippen molar-refractivity contribution in [2.24, 2.45) is 0 Å². The summed E-state index contributed by atoms with van der Waals surface area (Å²) < 4.78 is 5.36. The molecule has 1 aliphatic rings. The molecule has 0 spiro atoms. The molecule has 1 aromatic heterocycles. The van der Waals surface area contributed by atoms with Gasteiger partial charge in [0.15, 0.2) is 0 Å². The van der Waals surface area contributed by atoms with Gasteiger partial charge in [0.25, 0.3) is 0 Å². The molecule has 3 rings (SSSR count). The summed E-state index contributed by atoms with van der Waals surface area (Å²) >= 11 is 0. The number of aromatic amines is 1. The lowest BCUT2D eigenvalue weighted by Gasteiger charge is -2.26. The Morgan fingerprint density at radius 1 is 1.20 bits per heavy atom. The molecule has 2 aromatic rings. The zero-order chi connectivity index (χ0) is 13.6. The first-order valence-electron chi connectivity index (χ1n) is 7.49. The van der Waals surface area contributed by atoms with Gasteiger partial charge < -0.3 is 15.0 Å². The summed E-state index contributed by atoms with van der Waals surface area (Å²) in [7, 11) is 0. The zero-order valence-corrected chi connectivity index (χ0v) is 11.9. The molecule has 1 fully saturated rings. The van der Waals surface area contributed by atoms with Crippen LogP contribution in [0, 0.1) is 0 Å². The lowest BCUT2D eigenvalue weighted by atomic mass is 10.1. The molecule has 2 N–H and O–H groups in total. The van der Waals surface area contributed by atoms with E-state index in [1.54, 1.807) is 0 Å². The van der Waals surface area contributed by atoms with Gasteiger partial charge in [-0.2, -0.15) is 0 Å². The molecular weight excluding hydrogens is 250 g/mol. The van der Waals surface area contributed by atoms with Gasteiger partial charge >= 0.3 is 0 Å². The Kier molecular flexibility index (Phi) is 4.69. The van der Waals surface area contributed by atoms with E-state index in [-0.39, 0.29) is 0 Å². The van der Waals surface area contributed by atoms with E-state index in [9.17, 15) is 0 Å². The SMILES string of the molecule is c1cc(CNCCCN2CCOCC2)c2cc[nH]c2c1. The van der Waals surface area contributed by atoms with Crippen LogP contribution in [0.2, 0.25) is 0 Å². The fraction of sp³-hybridized carbons (Fsp3) is 0.500. The Bertz CT molecular complexity index is 531. The highest BCUT2D eigenvalue weighted by molar-refractivity contribution is 5.82. The smallest absolute Gasteiger partial charge is 0.0594 e. The molecule has 4 heteroatoms. The molecule has 0 bridgehead atoms. The number of nitrogens with zero attached hydrogens (tertiary/aromatic N) is 1. The normalized spacial score (nSPS) is 16.8. The van der Waals surface area contributed by atoms with Gasteiger partial charge in [-0.3, -0.25) is 4.90 Å². The number of H-pyrrole nitrogens is 1. The van der Waals surface area contributed by atoms with Gasteiger partial charge in [0, 0.05) is 36.7 Å². The Morgan fingerprint density at radius 3 is 3.00 bits per heavy atom. The van der Waals surface area contributed by atoms with Crippen molar-refractivity contribution in [3.63, 3.8) is 0 Å². The maximum atomic E-state index is 5.36. The molecule has 20 heavy (non-hydrogen) atoms. The Labute approximate surface area is 120 Å². The Morgan fingerprint density at radius 2 is 2.10 bits per heavy atom. The molecule has 0 atom stereocenters. The van der Waals surface area contributed by atoms with E-state index in [0.29, 0.717) is 0 Å². The van der Waals surface area contributed by atoms with Gasteiger partial charge in [-0.25, -0.2) is 0 Å². The Hall–Kier alpha value is -1.36. The van der Waals surface area contributed by atoms with Crippen LogP contribution in [0.5, 0.6) is 0 Å². The standard InChI is InChI=1S/C16H23N3O/c1-3-14(15-5-7-18-16(15)4-1)13-17-6-2-8-19-9-11-20-12-10-19/h1,3-5,7,17-18H,2,6,8-13H2. The van der Waals surface area contributed by atoms with E-state index in [1.807, 2.05) is 6.20 Å². The molecule has 2 heterocycles. The van der Waals surface area contributed by atoms with Crippen LogP contribution in [0.4, 0.5) is 0 Å². The van der Waals surface area contributed by atoms with Crippen molar-refractivity contribution in [1.29, 1.82) is 0 Å². The maximum absolute atomic E-state index is 5.36. The van der Waals surface area contributed by atoms with Crippen LogP contribution in [0.15, 0.2) is 30.5 Å². The number of morpholine rings is 1. The minimum absolute atomic E-state index is 0.892. The number of aromatic nitrogens is 1. The van der Waals surface area contributed by atoms with E-state index in [1.165, 1.54) is 29.4 Å². The van der Waals surface area contributed by atoms with E-state index in [4.69, 9.17) is 4.74 Å². The van der Waals surface area contributed by atoms with Crippen molar-refractivity contribution < 1.29 is 4.74 Å². The quantitative estimate of drug-likeness (QED) is 0.791. The molecule has 4 nitrogen and oxygen atoms in total. The molecule has 1 aromatic carbocycles. The summed E-state index contributed by atoms with van der Waals surface area (Å²) in [6, 6.07) is 8.59. The van der Waals surface area contributed by atoms with Crippen LogP contribution < -0.4 is 5.32 Å². The lowest BCUT2D eigenvalue weighted by molar-refractivity contribution is 0.0374. The number of hydrogen-bond acceptors (Lipinski definition) is 3. The summed E-state index contributed by atoms with van der Waals surface area (Å²) in [4.78, 5) is 5.74. The molecule has 108 valence electrons. The molecule has 0 aliphatic carbocycles. The molecule has 0 saturated carbocycles. The number of nitrogens with one attached hydrogen (secondary N) is 2. The summed E-state index contributed by atoms with van der Waals surface area (Å²) in [5.74, 6) is 0. The van der Waals surface area contributed by atoms with Crippen LogP contribution >= 0.6 is 0 Å². The van der Waals surface area contributed by atoms with Gasteiger partial charge in [0.1, 0.15) is 0 Å². The van der Waals surface area contributed by atoms with E-state index in [2.05, 4.69) is 39.5 Å². The molecule has 0 unspecified atom stereocenters. The van der Waals surface area contributed by atoms with Crippen molar-refractivity contribution >= 4 is 10.9 Å². The second-order valence-electron chi connectivity index (χ2n) is 5.34. The second-order valence-corrected chi connectivity index (χ2v) is 5.34. The lowest BCUT2D eigenvalue weighted by Crippen LogP contribution is -2.37. The first-order chi connectivity index (χ1) is 9.93. The van der Waals surface area contributed by atoms with Crippen LogP contribution in [-0.2, 0) is 11.3 Å². The largest absolute Gasteiger partial charge is 0.379 e. The van der Waals surface area contributed by atoms with Crippen molar-refractivity contribution in [1.82, 2.24) is 15.2 Å². The molecule has 1 saturated heterocycles. The Balaban J connectivity index is 1.40. The maximum Gasteiger partial charge on any atom is 0.0594 e. The van der Waals surface area contributed by atoms with Crippen LogP contribution in [0.25, 0.3) is 10.9 Å². The van der Waals surface area contributed by atoms with E-state index >= 15 is 0 Å². The summed E-state index contributed by atoms with van der Waals surface area (Å²) in [5, 5.41) is 4.88. The second kappa shape index (κ2) is 6.88. The van der Waals surface area contributed by atoms with Crippen LogP contribution in [-0.4, -0.2) is 49.3 Å². The third-order valence-electron chi connectivity index (χ3n) is 3.93. The summed E-state index contributed by atoms with van der Waals surface area (Å²) in [6.07, 6.45) is 3.20. The monoisotopic (exact) mass is 273 g/mol. The van der Waals surface area contributed by atoms with Gasteiger partial charge in [-0.15, -0.1) is 0 Å². The summed E-state index contributed by atoms with van der Waals surface area (Å²) in [5.41, 5.74) is 2.59. The van der Waals surface area contributed by atoms with E-state index in [0.717, 1.165) is 39.4 Å². The van der Waals surface area contributed by atoms with Gasteiger partial charge in [-0.05, 0) is 37.2 Å². The molecule has 0 amide bonds. The average molecular weight is 273 g/mol. The third kappa shape index (κ3) is 3.39. The highest BCUT2D eigenvalue weighted by atomic mass is 16.5. The highest BCUT2D eigenvalue weighted by Gasteiger charge is 2.09. The third-order valence-corrected chi connectivity index (χ3v) is 3.93. The topological polar surface area (TPSA) is 40.3 Å². The minimum atomic E-state index is 0.892. The van der Waals surface area contributed by atoms with Crippen molar-refractivity contribution in [2.75, 3.05) is 39.4 Å². The highest BCUT2D eigenvalue weighted by Crippen LogP contribution is 2.16. The fourth-order valence-corrected chi connectivity index (χ4v) is 2.78. The first kappa shape index (κ1) is 13.6. The number of fused-ring (bicyclic) bond motifs is 1. The van der Waals surface area contributed by atoms with Gasteiger partial charge in [-0.1, -0.05) is 12.1 Å². The molecular formula is C16H23N3O. The van der Waals surface area contributed by atoms with Crippen molar-refractivity contribution in [2.45, 2.75) is 13.0 Å². The number of ether oxygens (including phenoxy) is 1. The molecule has 1 aliphatic heterocycles. The fourth-order valence-electron chi connectivity index (χ4n) is 2.78. The zero-order valence-electron chi connectivity index (χ0n) is 11.9. The van der Waals surface area contributed by atoms with E-state index < -0.39 is 0 Å². The minimum Gasteiger partial charge on any atom is -0.379 e. The van der Waals surface area contributed by atoms with Gasteiger partial charge in [0.05, 0.1) is 13.2 Å². The predicted molar refractivity (Wildman–Crippen MR) is 81.9 cm³/mol. The van der Waals surface area contributed by atoms with Crippen LogP contribution in [0.3, 0.4) is 0 Å². The van der Waals surface area contributed by atoms with Crippen molar-refractivity contribution in [3.8, 4) is 0 Å². The first-order valence-corrected chi connectivity index (χ1v) is 7.49. The average Bonchev–Trinajstić information content (AvgIpc) is 2.97. The summed E-state index contributed by atoms with van der Waals surface area (Å²) in [6.45, 7) is 7.14. The predicted octanol–water partition coefficient (Wildman–Crippen LogP) is 1.98. The number of rotatable bonds is 6. The van der Waals surface area contributed by atoms with Crippen molar-refractivity contribution in [3.05, 3.63) is 36.0 Å².